The van der Waals surface area contributed by atoms with Crippen LogP contribution in [0.5, 0.6) is 23.3 Å². The van der Waals surface area contributed by atoms with Crippen LogP contribution in [-0.2, 0) is 4.74 Å². The van der Waals surface area contributed by atoms with Crippen LogP contribution in [0.3, 0.4) is 0 Å². The number of benzene rings is 2. The number of amides is 2. The number of carbonyl (C=O) groups excluding carboxylic acids is 2. The monoisotopic (exact) mass is 525 g/mol. The van der Waals surface area contributed by atoms with E-state index in [0.717, 1.165) is 0 Å². The molecule has 39 heavy (non-hydrogen) atoms. The van der Waals surface area contributed by atoms with Crippen molar-refractivity contribution >= 4 is 12.0 Å². The highest BCUT2D eigenvalue weighted by Gasteiger charge is 2.30. The smallest absolute Gasteiger partial charge is 0.410 e. The molecule has 10 heteroatoms. The van der Waals surface area contributed by atoms with Crippen LogP contribution in [0, 0.1) is 22.7 Å². The number of hydrogen-bond acceptors (Lipinski definition) is 8. The number of nitriles is 2. The van der Waals surface area contributed by atoms with Gasteiger partial charge in [0.15, 0.2) is 0 Å². The Kier molecular flexibility index (Phi) is 7.97. The minimum atomic E-state index is -0.602. The zero-order chi connectivity index (χ0) is 28.0. The molecule has 0 saturated carbocycles. The molecule has 2 heterocycles. The predicted octanol–water partition coefficient (Wildman–Crippen LogP) is 5.10. The number of carbonyl (C=O) groups is 2. The molecule has 0 spiro atoms. The number of ether oxygens (including phenoxy) is 3. The van der Waals surface area contributed by atoms with E-state index in [1.807, 2.05) is 20.8 Å². The highest BCUT2D eigenvalue weighted by Crippen LogP contribution is 2.30. The van der Waals surface area contributed by atoms with Gasteiger partial charge < -0.3 is 24.0 Å². The largest absolute Gasteiger partial charge is 0.444 e. The van der Waals surface area contributed by atoms with Gasteiger partial charge in [0, 0.05) is 32.2 Å². The molecule has 0 N–H and O–H groups in total. The lowest BCUT2D eigenvalue weighted by Crippen LogP contribution is -2.51. The van der Waals surface area contributed by atoms with Gasteiger partial charge in [0.1, 0.15) is 22.7 Å². The van der Waals surface area contributed by atoms with Crippen LogP contribution in [0.1, 0.15) is 42.3 Å². The van der Waals surface area contributed by atoms with Crippen molar-refractivity contribution in [3.05, 3.63) is 77.4 Å². The Morgan fingerprint density at radius 1 is 0.769 bits per heavy atom. The molecule has 0 bridgehead atoms. The molecule has 0 unspecified atom stereocenters. The quantitative estimate of drug-likeness (QED) is 0.450. The Morgan fingerprint density at radius 3 is 1.79 bits per heavy atom. The second-order valence-electron chi connectivity index (χ2n) is 9.74. The summed E-state index contributed by atoms with van der Waals surface area (Å²) in [4.78, 5) is 33.6. The molecule has 1 fully saturated rings. The van der Waals surface area contributed by atoms with E-state index < -0.39 is 11.7 Å². The van der Waals surface area contributed by atoms with Crippen molar-refractivity contribution in [2.24, 2.45) is 0 Å². The van der Waals surface area contributed by atoms with Crippen LogP contribution in [0.2, 0.25) is 0 Å². The zero-order valence-corrected chi connectivity index (χ0v) is 21.9. The third-order valence-electron chi connectivity index (χ3n) is 5.69. The number of aromatic nitrogens is 1. The van der Waals surface area contributed by atoms with Gasteiger partial charge in [-0.25, -0.2) is 4.79 Å². The molecule has 1 aliphatic rings. The molecule has 3 aromatic rings. The van der Waals surface area contributed by atoms with E-state index in [9.17, 15) is 9.59 Å². The number of hydrogen-bond donors (Lipinski definition) is 0. The molecular formula is C29H27N5O5. The first-order valence-electron chi connectivity index (χ1n) is 12.3. The fourth-order valence-electron chi connectivity index (χ4n) is 3.74. The van der Waals surface area contributed by atoms with E-state index in [-0.39, 0.29) is 23.2 Å². The van der Waals surface area contributed by atoms with E-state index >= 15 is 0 Å². The van der Waals surface area contributed by atoms with Crippen LogP contribution >= 0.6 is 0 Å². The molecule has 4 rings (SSSR count). The van der Waals surface area contributed by atoms with Gasteiger partial charge in [0.05, 0.1) is 23.3 Å². The first-order valence-corrected chi connectivity index (χ1v) is 12.3. The van der Waals surface area contributed by atoms with Crippen LogP contribution in [0.25, 0.3) is 0 Å². The summed E-state index contributed by atoms with van der Waals surface area (Å²) in [6.07, 6.45) is -0.412. The lowest BCUT2D eigenvalue weighted by atomic mass is 10.2. The maximum atomic E-state index is 13.5. The van der Waals surface area contributed by atoms with E-state index in [2.05, 4.69) is 17.1 Å². The van der Waals surface area contributed by atoms with Gasteiger partial charge in [-0.1, -0.05) is 0 Å². The average Bonchev–Trinajstić information content (AvgIpc) is 2.93. The maximum absolute atomic E-state index is 13.5. The van der Waals surface area contributed by atoms with Crippen LogP contribution < -0.4 is 9.47 Å². The van der Waals surface area contributed by atoms with Crippen LogP contribution in [0.15, 0.2) is 60.7 Å². The first-order chi connectivity index (χ1) is 18.6. The third kappa shape index (κ3) is 7.02. The van der Waals surface area contributed by atoms with E-state index in [1.165, 1.54) is 0 Å². The maximum Gasteiger partial charge on any atom is 0.410 e. The van der Waals surface area contributed by atoms with E-state index in [0.29, 0.717) is 48.8 Å². The topological polar surface area (TPSA) is 129 Å². The number of nitrogens with zero attached hydrogens (tertiary/aromatic N) is 5. The van der Waals surface area contributed by atoms with Crippen LogP contribution in [0.4, 0.5) is 4.79 Å². The molecule has 2 amide bonds. The van der Waals surface area contributed by atoms with Gasteiger partial charge in [-0.15, -0.1) is 0 Å². The van der Waals surface area contributed by atoms with E-state index in [1.54, 1.807) is 70.5 Å². The van der Waals surface area contributed by atoms with Gasteiger partial charge in [-0.05, 0) is 75.4 Å². The van der Waals surface area contributed by atoms with Gasteiger partial charge >= 0.3 is 6.09 Å². The minimum Gasteiger partial charge on any atom is -0.444 e. The van der Waals surface area contributed by atoms with E-state index in [4.69, 9.17) is 24.7 Å². The average molecular weight is 526 g/mol. The summed E-state index contributed by atoms with van der Waals surface area (Å²) in [5.74, 6) is 0.768. The summed E-state index contributed by atoms with van der Waals surface area (Å²) in [6.45, 7) is 6.72. The first kappa shape index (κ1) is 27.0. The highest BCUT2D eigenvalue weighted by atomic mass is 16.6. The Bertz CT molecular complexity index is 1430. The molecule has 1 aliphatic heterocycles. The number of piperazine rings is 1. The van der Waals surface area contributed by atoms with Gasteiger partial charge in [-0.3, -0.25) is 4.79 Å². The summed E-state index contributed by atoms with van der Waals surface area (Å²) in [5, 5.41) is 18.1. The molecule has 1 saturated heterocycles. The lowest BCUT2D eigenvalue weighted by Gasteiger charge is -2.35. The Hall–Kier alpha value is -5.09. The second-order valence-corrected chi connectivity index (χ2v) is 9.74. The second kappa shape index (κ2) is 11.5. The van der Waals surface area contributed by atoms with Crippen LogP contribution in [-0.4, -0.2) is 58.6 Å². The standard InChI is InChI=1S/C29H27N5O5/c1-29(2,3)39-28(36)34-16-14-33(15-17-34)27(35)24-12-13-25(37-22-8-4-20(18-30)5-9-22)32-26(24)38-23-10-6-21(19-31)7-11-23/h4-13H,14-17H2,1-3H3. The Balaban J connectivity index is 1.55. The number of rotatable bonds is 5. The lowest BCUT2D eigenvalue weighted by molar-refractivity contribution is 0.0140. The zero-order valence-electron chi connectivity index (χ0n) is 21.9. The molecule has 10 nitrogen and oxygen atoms in total. The fraction of sp³-hybridized carbons (Fsp3) is 0.276. The molecular weight excluding hydrogens is 498 g/mol. The molecule has 0 atom stereocenters. The summed E-state index contributed by atoms with van der Waals surface area (Å²) in [7, 11) is 0. The third-order valence-corrected chi connectivity index (χ3v) is 5.69. The fourth-order valence-corrected chi connectivity index (χ4v) is 3.74. The summed E-state index contributed by atoms with van der Waals surface area (Å²) in [6, 6.07) is 20.2. The number of pyridine rings is 1. The van der Waals surface area contributed by atoms with Crippen molar-refractivity contribution in [2.45, 2.75) is 26.4 Å². The molecule has 198 valence electrons. The predicted molar refractivity (Wildman–Crippen MR) is 140 cm³/mol. The summed E-state index contributed by atoms with van der Waals surface area (Å²) < 4.78 is 17.2. The van der Waals surface area contributed by atoms with Gasteiger partial charge in [0.2, 0.25) is 11.8 Å². The molecule has 2 aromatic carbocycles. The summed E-state index contributed by atoms with van der Waals surface area (Å²) >= 11 is 0. The normalized spacial score (nSPS) is 13.2. The SMILES string of the molecule is CC(C)(C)OC(=O)N1CCN(C(=O)c2ccc(Oc3ccc(C#N)cc3)nc2Oc2ccc(C#N)cc2)CC1. The van der Waals surface area contributed by atoms with Crippen molar-refractivity contribution in [1.29, 1.82) is 10.5 Å². The van der Waals surface area contributed by atoms with Crippen molar-refractivity contribution in [3.8, 4) is 35.4 Å². The molecule has 0 aliphatic carbocycles. The minimum absolute atomic E-state index is 0.0328. The molecule has 0 radical (unpaired) electrons. The van der Waals surface area contributed by atoms with Crippen molar-refractivity contribution in [2.75, 3.05) is 26.2 Å². The van der Waals surface area contributed by atoms with Gasteiger partial charge in [-0.2, -0.15) is 15.5 Å². The summed E-state index contributed by atoms with van der Waals surface area (Å²) in [5.41, 5.74) is 0.576. The van der Waals surface area contributed by atoms with Gasteiger partial charge in [0.25, 0.3) is 5.91 Å². The molecule has 1 aromatic heterocycles. The highest BCUT2D eigenvalue weighted by molar-refractivity contribution is 5.96. The van der Waals surface area contributed by atoms with Crippen molar-refractivity contribution in [3.63, 3.8) is 0 Å². The Labute approximate surface area is 226 Å². The van der Waals surface area contributed by atoms with Crippen molar-refractivity contribution < 1.29 is 23.8 Å². The van der Waals surface area contributed by atoms with Crippen molar-refractivity contribution in [1.82, 2.24) is 14.8 Å². The Morgan fingerprint density at radius 2 is 1.28 bits per heavy atom.